The minimum absolute atomic E-state index is 0.189. The van der Waals surface area contributed by atoms with Gasteiger partial charge in [-0.2, -0.15) is 0 Å². The Labute approximate surface area is 200 Å². The van der Waals surface area contributed by atoms with Crippen molar-refractivity contribution in [1.82, 2.24) is 15.1 Å². The molecule has 1 unspecified atom stereocenters. The second kappa shape index (κ2) is 9.58. The molecule has 0 aliphatic carbocycles. The maximum absolute atomic E-state index is 13.0. The third kappa shape index (κ3) is 4.71. The number of fused-ring (bicyclic) bond motifs is 1. The molecule has 3 heterocycles. The van der Waals surface area contributed by atoms with E-state index in [1.54, 1.807) is 11.0 Å². The fraction of sp³-hybridized carbons (Fsp3) is 0.444. The zero-order chi connectivity index (χ0) is 23.7. The molecule has 7 heteroatoms. The number of nitrogens with one attached hydrogen (secondary N) is 1. The summed E-state index contributed by atoms with van der Waals surface area (Å²) in [6.07, 6.45) is 3.14. The van der Waals surface area contributed by atoms with E-state index in [2.05, 4.69) is 41.4 Å². The Morgan fingerprint density at radius 3 is 2.44 bits per heavy atom. The number of benzene rings is 2. The van der Waals surface area contributed by atoms with Crippen molar-refractivity contribution in [1.29, 1.82) is 0 Å². The third-order valence-electron chi connectivity index (χ3n) is 7.24. The summed E-state index contributed by atoms with van der Waals surface area (Å²) in [6.45, 7) is 6.36. The molecule has 2 aromatic carbocycles. The van der Waals surface area contributed by atoms with Crippen LogP contribution < -0.4 is 10.1 Å². The molecule has 34 heavy (non-hydrogen) atoms. The average molecular weight is 462 g/mol. The van der Waals surface area contributed by atoms with Crippen LogP contribution in [-0.2, 0) is 29.3 Å². The van der Waals surface area contributed by atoms with Crippen molar-refractivity contribution in [2.45, 2.75) is 58.3 Å². The number of imide groups is 1. The second-order valence-electron chi connectivity index (χ2n) is 9.75. The molecule has 0 saturated carbocycles. The largest absolute Gasteiger partial charge is 0.489 e. The Kier molecular flexibility index (Phi) is 6.37. The molecule has 3 aliphatic rings. The number of carbonyl (C=O) groups is 3. The molecule has 3 amide bonds. The molecule has 3 aliphatic heterocycles. The van der Waals surface area contributed by atoms with Crippen LogP contribution in [0, 0.1) is 5.92 Å². The Morgan fingerprint density at radius 2 is 1.71 bits per heavy atom. The summed E-state index contributed by atoms with van der Waals surface area (Å²) in [5.74, 6) is 0.616. The molecule has 0 bridgehead atoms. The zero-order valence-corrected chi connectivity index (χ0v) is 19.6. The van der Waals surface area contributed by atoms with E-state index >= 15 is 0 Å². The number of nitrogens with zero attached hydrogens (tertiary/aromatic N) is 2. The van der Waals surface area contributed by atoms with Crippen LogP contribution in [-0.4, -0.2) is 46.7 Å². The van der Waals surface area contributed by atoms with Crippen LogP contribution in [0.15, 0.2) is 42.5 Å². The van der Waals surface area contributed by atoms with Gasteiger partial charge in [0.15, 0.2) is 0 Å². The van der Waals surface area contributed by atoms with Crippen LogP contribution in [0.4, 0.5) is 0 Å². The lowest BCUT2D eigenvalue weighted by molar-refractivity contribution is -0.136. The number of amides is 3. The summed E-state index contributed by atoms with van der Waals surface area (Å²) in [7, 11) is 0. The number of likely N-dealkylation sites (tertiary alicyclic amines) is 1. The van der Waals surface area contributed by atoms with Crippen molar-refractivity contribution in [3.63, 3.8) is 0 Å². The van der Waals surface area contributed by atoms with Gasteiger partial charge in [0.25, 0.3) is 5.91 Å². The Hall–Kier alpha value is -3.19. The highest BCUT2D eigenvalue weighted by atomic mass is 16.5. The van der Waals surface area contributed by atoms with E-state index in [1.807, 2.05) is 12.1 Å². The van der Waals surface area contributed by atoms with Gasteiger partial charge in [-0.1, -0.05) is 37.3 Å². The van der Waals surface area contributed by atoms with Gasteiger partial charge in [0, 0.05) is 24.1 Å². The SMILES string of the molecule is CC1CCN(Cc2ccc(COc3cccc4c3CN(C3CCC(=O)NC3=O)C4=O)cc2)CC1. The summed E-state index contributed by atoms with van der Waals surface area (Å²) in [5.41, 5.74) is 3.74. The predicted octanol–water partition coefficient (Wildman–Crippen LogP) is 3.26. The van der Waals surface area contributed by atoms with Crippen LogP contribution in [0.3, 0.4) is 0 Å². The first kappa shape index (κ1) is 22.6. The van der Waals surface area contributed by atoms with E-state index in [0.29, 0.717) is 30.9 Å². The Morgan fingerprint density at radius 1 is 0.971 bits per heavy atom. The van der Waals surface area contributed by atoms with Gasteiger partial charge in [0.1, 0.15) is 18.4 Å². The molecule has 0 aromatic heterocycles. The first-order chi connectivity index (χ1) is 16.5. The van der Waals surface area contributed by atoms with E-state index in [1.165, 1.54) is 31.5 Å². The predicted molar refractivity (Wildman–Crippen MR) is 127 cm³/mol. The second-order valence-corrected chi connectivity index (χ2v) is 9.75. The molecule has 2 fully saturated rings. The van der Waals surface area contributed by atoms with Crippen molar-refractivity contribution < 1.29 is 19.1 Å². The van der Waals surface area contributed by atoms with E-state index in [-0.39, 0.29) is 18.2 Å². The van der Waals surface area contributed by atoms with Crippen LogP contribution in [0.1, 0.15) is 59.7 Å². The van der Waals surface area contributed by atoms with Gasteiger partial charge in [-0.3, -0.25) is 24.6 Å². The van der Waals surface area contributed by atoms with E-state index in [4.69, 9.17) is 4.74 Å². The van der Waals surface area contributed by atoms with Crippen molar-refractivity contribution in [3.05, 3.63) is 64.7 Å². The smallest absolute Gasteiger partial charge is 0.255 e. The van der Waals surface area contributed by atoms with E-state index < -0.39 is 11.9 Å². The van der Waals surface area contributed by atoms with E-state index in [9.17, 15) is 14.4 Å². The molecule has 2 saturated heterocycles. The molecule has 5 rings (SSSR count). The number of hydrogen-bond donors (Lipinski definition) is 1. The number of ether oxygens (including phenoxy) is 1. The summed E-state index contributed by atoms with van der Waals surface area (Å²) in [5, 5.41) is 2.34. The normalized spacial score (nSPS) is 21.5. The van der Waals surface area contributed by atoms with Gasteiger partial charge < -0.3 is 9.64 Å². The average Bonchev–Trinajstić information content (AvgIpc) is 3.17. The molecule has 1 N–H and O–H groups in total. The van der Waals surface area contributed by atoms with Crippen LogP contribution in [0.5, 0.6) is 5.75 Å². The van der Waals surface area contributed by atoms with Crippen molar-refractivity contribution >= 4 is 17.7 Å². The Bertz CT molecular complexity index is 1090. The van der Waals surface area contributed by atoms with Crippen LogP contribution in [0.2, 0.25) is 0 Å². The fourth-order valence-electron chi connectivity index (χ4n) is 5.07. The molecule has 0 radical (unpaired) electrons. The minimum Gasteiger partial charge on any atom is -0.489 e. The molecule has 2 aromatic rings. The Balaban J connectivity index is 1.21. The molecule has 178 valence electrons. The molecule has 0 spiro atoms. The van der Waals surface area contributed by atoms with Gasteiger partial charge in [0.05, 0.1) is 6.54 Å². The van der Waals surface area contributed by atoms with Gasteiger partial charge in [-0.25, -0.2) is 0 Å². The minimum atomic E-state index is -0.624. The first-order valence-electron chi connectivity index (χ1n) is 12.2. The standard InChI is InChI=1S/C27H31N3O4/c1-18-11-13-29(14-12-18)15-19-5-7-20(8-6-19)17-34-24-4-2-3-21-22(24)16-30(27(21)33)23-9-10-25(31)28-26(23)32/h2-8,18,23H,9-17H2,1H3,(H,28,31,32). The third-order valence-corrected chi connectivity index (χ3v) is 7.24. The topological polar surface area (TPSA) is 79.0 Å². The number of rotatable bonds is 6. The lowest BCUT2D eigenvalue weighted by Gasteiger charge is -2.30. The number of piperidine rings is 2. The molecular weight excluding hydrogens is 430 g/mol. The fourth-order valence-corrected chi connectivity index (χ4v) is 5.07. The highest BCUT2D eigenvalue weighted by Crippen LogP contribution is 2.34. The van der Waals surface area contributed by atoms with Gasteiger partial charge in [-0.15, -0.1) is 0 Å². The van der Waals surface area contributed by atoms with Crippen LogP contribution in [0.25, 0.3) is 0 Å². The number of carbonyl (C=O) groups excluding carboxylic acids is 3. The monoisotopic (exact) mass is 461 g/mol. The zero-order valence-electron chi connectivity index (χ0n) is 19.6. The highest BCUT2D eigenvalue weighted by molar-refractivity contribution is 6.05. The summed E-state index contributed by atoms with van der Waals surface area (Å²) in [6, 6.07) is 13.4. The first-order valence-corrected chi connectivity index (χ1v) is 12.2. The molecule has 1 atom stereocenters. The maximum Gasteiger partial charge on any atom is 0.255 e. The lowest BCUT2D eigenvalue weighted by Crippen LogP contribution is -2.52. The van der Waals surface area contributed by atoms with Gasteiger partial charge in [0.2, 0.25) is 11.8 Å². The van der Waals surface area contributed by atoms with Crippen molar-refractivity contribution in [2.24, 2.45) is 5.92 Å². The molecular formula is C27H31N3O4. The van der Waals surface area contributed by atoms with E-state index in [0.717, 1.165) is 23.6 Å². The highest BCUT2D eigenvalue weighted by Gasteiger charge is 2.40. The number of hydrogen-bond acceptors (Lipinski definition) is 5. The van der Waals surface area contributed by atoms with Crippen LogP contribution >= 0.6 is 0 Å². The van der Waals surface area contributed by atoms with Gasteiger partial charge >= 0.3 is 0 Å². The van der Waals surface area contributed by atoms with Gasteiger partial charge in [-0.05, 0) is 61.5 Å². The van der Waals surface area contributed by atoms with Crippen molar-refractivity contribution in [3.8, 4) is 5.75 Å². The quantitative estimate of drug-likeness (QED) is 0.668. The summed E-state index contributed by atoms with van der Waals surface area (Å²) in [4.78, 5) is 40.8. The summed E-state index contributed by atoms with van der Waals surface area (Å²) < 4.78 is 6.12. The molecule has 7 nitrogen and oxygen atoms in total. The summed E-state index contributed by atoms with van der Waals surface area (Å²) >= 11 is 0. The van der Waals surface area contributed by atoms with Crippen molar-refractivity contribution in [2.75, 3.05) is 13.1 Å². The maximum atomic E-state index is 13.0. The lowest BCUT2D eigenvalue weighted by atomic mass is 9.99.